The van der Waals surface area contributed by atoms with E-state index in [4.69, 9.17) is 0 Å². The molecule has 0 aliphatic heterocycles. The lowest BCUT2D eigenvalue weighted by Gasteiger charge is -2.09. The Morgan fingerprint density at radius 3 is 2.16 bits per heavy atom. The number of imidazole rings is 1. The molecule has 0 fully saturated rings. The molecule has 0 atom stereocenters. The summed E-state index contributed by atoms with van der Waals surface area (Å²) in [6.45, 7) is 4.34. The van der Waals surface area contributed by atoms with E-state index >= 15 is 0 Å². The maximum atomic E-state index is 10.5. The van der Waals surface area contributed by atoms with Gasteiger partial charge in [0.25, 0.3) is 5.82 Å². The third-order valence-electron chi connectivity index (χ3n) is 4.50. The molecule has 0 aliphatic carbocycles. The molecule has 25 heavy (non-hydrogen) atoms. The number of para-hydroxylation sites is 4. The fourth-order valence-electron chi connectivity index (χ4n) is 3.47. The van der Waals surface area contributed by atoms with Crippen molar-refractivity contribution in [2.24, 2.45) is 0 Å². The van der Waals surface area contributed by atoms with E-state index in [0.717, 1.165) is 28.1 Å². The van der Waals surface area contributed by atoms with Gasteiger partial charge in [-0.1, -0.05) is 42.5 Å². The smallest absolute Gasteiger partial charge is 0.299 e. The number of nitrogens with zero attached hydrogens (tertiary/aromatic N) is 2. The lowest BCUT2D eigenvalue weighted by molar-refractivity contribution is -0.681. The Hall–Kier alpha value is -3.07. The second kappa shape index (κ2) is 6.10. The van der Waals surface area contributed by atoms with Crippen molar-refractivity contribution in [1.82, 2.24) is 4.57 Å². The summed E-state index contributed by atoms with van der Waals surface area (Å²) >= 11 is 0. The number of fused-ring (bicyclic) bond motifs is 1. The number of aromatic nitrogens is 2. The minimum absolute atomic E-state index is 0.254. The zero-order valence-corrected chi connectivity index (χ0v) is 14.4. The highest BCUT2D eigenvalue weighted by Crippen LogP contribution is 2.33. The molecule has 0 amide bonds. The van der Waals surface area contributed by atoms with Crippen LogP contribution in [0.2, 0.25) is 0 Å². The Kier molecular flexibility index (Phi) is 3.77. The summed E-state index contributed by atoms with van der Waals surface area (Å²) in [6, 6.07) is 26.5. The molecule has 4 aromatic rings. The van der Waals surface area contributed by atoms with Crippen molar-refractivity contribution in [2.75, 3.05) is 0 Å². The van der Waals surface area contributed by atoms with Gasteiger partial charge in [0.05, 0.1) is 6.04 Å². The molecule has 0 saturated heterocycles. The first kappa shape index (κ1) is 15.5. The molecular weight excluding hydrogens is 308 g/mol. The molecular formula is C22H21N2O+. The van der Waals surface area contributed by atoms with Gasteiger partial charge in [-0.05, 0) is 50.2 Å². The number of phenolic OH excluding ortho intramolecular Hbond substituents is 1. The lowest BCUT2D eigenvalue weighted by atomic mass is 10.1. The standard InChI is InChI=1S/C22H20N2O/c1-16(2)23-19-13-7-8-14-20(19)24(17-10-4-3-5-11-17)22(23)18-12-6-9-15-21(18)25/h3-16H,1-2H3/p+1. The van der Waals surface area contributed by atoms with Gasteiger partial charge in [0.15, 0.2) is 11.0 Å². The molecule has 0 saturated carbocycles. The zero-order chi connectivity index (χ0) is 17.4. The van der Waals surface area contributed by atoms with Crippen LogP contribution >= 0.6 is 0 Å². The SMILES string of the molecule is CC(C)[n+]1c(-c2ccccc2O)n(-c2ccccc2)c2ccccc21. The van der Waals surface area contributed by atoms with Crippen molar-refractivity contribution in [3.8, 4) is 22.8 Å². The largest absolute Gasteiger partial charge is 0.507 e. The van der Waals surface area contributed by atoms with Crippen LogP contribution in [0, 0.1) is 0 Å². The number of aromatic hydroxyl groups is 1. The highest BCUT2D eigenvalue weighted by atomic mass is 16.3. The van der Waals surface area contributed by atoms with Crippen molar-refractivity contribution in [2.45, 2.75) is 19.9 Å². The Labute approximate surface area is 147 Å². The van der Waals surface area contributed by atoms with Gasteiger partial charge >= 0.3 is 0 Å². The van der Waals surface area contributed by atoms with Gasteiger partial charge in [-0.3, -0.25) is 0 Å². The van der Waals surface area contributed by atoms with E-state index in [1.807, 2.05) is 36.4 Å². The van der Waals surface area contributed by atoms with Crippen LogP contribution in [-0.2, 0) is 0 Å². The fraction of sp³-hybridized carbons (Fsp3) is 0.136. The average Bonchev–Trinajstić information content (AvgIpc) is 2.98. The van der Waals surface area contributed by atoms with E-state index in [1.165, 1.54) is 0 Å². The molecule has 3 aromatic carbocycles. The normalized spacial score (nSPS) is 11.3. The van der Waals surface area contributed by atoms with Gasteiger partial charge < -0.3 is 5.11 Å². The van der Waals surface area contributed by atoms with E-state index in [9.17, 15) is 5.11 Å². The van der Waals surface area contributed by atoms with Crippen molar-refractivity contribution in [3.63, 3.8) is 0 Å². The van der Waals surface area contributed by atoms with Crippen LogP contribution in [0.3, 0.4) is 0 Å². The highest BCUT2D eigenvalue weighted by Gasteiger charge is 2.30. The topological polar surface area (TPSA) is 29.0 Å². The quantitative estimate of drug-likeness (QED) is 0.534. The molecule has 124 valence electrons. The van der Waals surface area contributed by atoms with Gasteiger partial charge in [-0.2, -0.15) is 4.57 Å². The molecule has 0 unspecified atom stereocenters. The molecule has 4 rings (SSSR count). The first-order valence-corrected chi connectivity index (χ1v) is 8.57. The number of hydrogen-bond donors (Lipinski definition) is 1. The maximum absolute atomic E-state index is 10.5. The van der Waals surface area contributed by atoms with Crippen LogP contribution in [-0.4, -0.2) is 9.67 Å². The summed E-state index contributed by atoms with van der Waals surface area (Å²) in [7, 11) is 0. The number of phenols is 1. The molecule has 1 aromatic heterocycles. The Balaban J connectivity index is 2.20. The van der Waals surface area contributed by atoms with Gasteiger partial charge in [0, 0.05) is 0 Å². The Morgan fingerprint density at radius 1 is 0.800 bits per heavy atom. The second-order valence-corrected chi connectivity index (χ2v) is 6.46. The molecule has 3 heteroatoms. The van der Waals surface area contributed by atoms with Crippen LogP contribution in [0.1, 0.15) is 19.9 Å². The minimum Gasteiger partial charge on any atom is -0.507 e. The van der Waals surface area contributed by atoms with Crippen molar-refractivity contribution < 1.29 is 9.67 Å². The van der Waals surface area contributed by atoms with Crippen LogP contribution in [0.15, 0.2) is 78.9 Å². The van der Waals surface area contributed by atoms with Crippen LogP contribution in [0.25, 0.3) is 28.1 Å². The molecule has 1 heterocycles. The predicted octanol–water partition coefficient (Wildman–Crippen LogP) is 4.87. The third-order valence-corrected chi connectivity index (χ3v) is 4.50. The van der Waals surface area contributed by atoms with Crippen molar-refractivity contribution in [1.29, 1.82) is 0 Å². The zero-order valence-electron chi connectivity index (χ0n) is 14.4. The Morgan fingerprint density at radius 2 is 1.44 bits per heavy atom. The third kappa shape index (κ3) is 2.49. The van der Waals surface area contributed by atoms with Crippen LogP contribution in [0.4, 0.5) is 0 Å². The lowest BCUT2D eigenvalue weighted by Crippen LogP contribution is -2.38. The molecule has 0 spiro atoms. The van der Waals surface area contributed by atoms with E-state index in [2.05, 4.69) is 59.4 Å². The van der Waals surface area contributed by atoms with E-state index < -0.39 is 0 Å². The monoisotopic (exact) mass is 329 g/mol. The van der Waals surface area contributed by atoms with Gasteiger partial charge in [-0.25, -0.2) is 4.57 Å². The summed E-state index contributed by atoms with van der Waals surface area (Å²) in [5.74, 6) is 1.28. The summed E-state index contributed by atoms with van der Waals surface area (Å²) in [5, 5.41) is 10.5. The summed E-state index contributed by atoms with van der Waals surface area (Å²) in [4.78, 5) is 0. The molecule has 1 N–H and O–H groups in total. The number of hydrogen-bond acceptors (Lipinski definition) is 1. The first-order valence-electron chi connectivity index (χ1n) is 8.57. The summed E-state index contributed by atoms with van der Waals surface area (Å²) in [6.07, 6.45) is 0. The highest BCUT2D eigenvalue weighted by molar-refractivity contribution is 5.80. The van der Waals surface area contributed by atoms with Gasteiger partial charge in [-0.15, -0.1) is 0 Å². The van der Waals surface area contributed by atoms with Crippen molar-refractivity contribution >= 4 is 11.0 Å². The van der Waals surface area contributed by atoms with Gasteiger partial charge in [0.1, 0.15) is 17.0 Å². The van der Waals surface area contributed by atoms with Crippen LogP contribution < -0.4 is 4.57 Å². The van der Waals surface area contributed by atoms with Crippen LogP contribution in [0.5, 0.6) is 5.75 Å². The molecule has 3 nitrogen and oxygen atoms in total. The predicted molar refractivity (Wildman–Crippen MR) is 101 cm³/mol. The minimum atomic E-state index is 0.254. The first-order chi connectivity index (χ1) is 12.2. The molecule has 0 radical (unpaired) electrons. The van der Waals surface area contributed by atoms with Crippen molar-refractivity contribution in [3.05, 3.63) is 78.9 Å². The summed E-state index contributed by atoms with van der Waals surface area (Å²) in [5.41, 5.74) is 4.19. The molecule has 0 bridgehead atoms. The Bertz CT molecular complexity index is 1030. The van der Waals surface area contributed by atoms with E-state index in [0.29, 0.717) is 0 Å². The van der Waals surface area contributed by atoms with E-state index in [-0.39, 0.29) is 11.8 Å². The maximum Gasteiger partial charge on any atom is 0.299 e. The van der Waals surface area contributed by atoms with Gasteiger partial charge in [0.2, 0.25) is 0 Å². The van der Waals surface area contributed by atoms with E-state index in [1.54, 1.807) is 6.07 Å². The number of rotatable bonds is 3. The fourth-order valence-corrected chi connectivity index (χ4v) is 3.47. The summed E-state index contributed by atoms with van der Waals surface area (Å²) < 4.78 is 4.52. The number of benzene rings is 3. The second-order valence-electron chi connectivity index (χ2n) is 6.46. The average molecular weight is 329 g/mol. The molecule has 0 aliphatic rings.